The lowest BCUT2D eigenvalue weighted by atomic mass is 9.98. The minimum atomic E-state index is -1.17. The maximum atomic E-state index is 11.2. The molecule has 5 aromatic rings. The number of aromatic carboxylic acids is 2. The van der Waals surface area contributed by atoms with Gasteiger partial charge in [-0.3, -0.25) is 10.1 Å². The van der Waals surface area contributed by atoms with Crippen molar-refractivity contribution in [3.63, 3.8) is 0 Å². The quantitative estimate of drug-likeness (QED) is 0.108. The fourth-order valence-corrected chi connectivity index (χ4v) is 4.39. The number of nitro groups is 1. The highest BCUT2D eigenvalue weighted by molar-refractivity contribution is 9.10. The second kappa shape index (κ2) is 13.7. The normalized spacial score (nSPS) is 10.1. The van der Waals surface area contributed by atoms with Crippen LogP contribution in [0.4, 0.5) is 5.69 Å². The summed E-state index contributed by atoms with van der Waals surface area (Å²) in [4.78, 5) is 41.6. The fraction of sp³-hybridized carbons (Fsp3) is 0.103. The second-order valence-electron chi connectivity index (χ2n) is 8.00. The molecule has 0 saturated carbocycles. The molecule has 0 fully saturated rings. The first-order valence-electron chi connectivity index (χ1n) is 11.0. The van der Waals surface area contributed by atoms with Crippen molar-refractivity contribution in [2.45, 2.75) is 21.3 Å². The molecule has 1 aromatic heterocycles. The Bertz CT molecular complexity index is 1680. The van der Waals surface area contributed by atoms with Gasteiger partial charge in [-0.15, -0.1) is 0 Å². The van der Waals surface area contributed by atoms with Gasteiger partial charge in [0, 0.05) is 27.0 Å². The Morgan fingerprint density at radius 3 is 1.98 bits per heavy atom. The molecule has 1 heterocycles. The number of fused-ring (bicyclic) bond motifs is 2. The summed E-state index contributed by atoms with van der Waals surface area (Å²) in [6.07, 6.45) is 0.200. The molecule has 40 heavy (non-hydrogen) atoms. The van der Waals surface area contributed by atoms with Crippen LogP contribution < -0.4 is 0 Å². The molecule has 0 aliphatic carbocycles. The summed E-state index contributed by atoms with van der Waals surface area (Å²) in [5, 5.41) is 29.3. The number of carboxylic acids is 2. The molecule has 0 spiro atoms. The number of carboxylic acid groups (broad SMARTS) is 2. The molecule has 2 N–H and O–H groups in total. The van der Waals surface area contributed by atoms with Crippen LogP contribution >= 0.6 is 31.9 Å². The summed E-state index contributed by atoms with van der Waals surface area (Å²) < 4.78 is 1.81. The molecule has 4 aromatic carbocycles. The van der Waals surface area contributed by atoms with Crippen LogP contribution in [-0.4, -0.2) is 37.0 Å². The SMILES string of the molecule is C.C.O=C(O)c1cccc([N+](=O)[O-])c1Cc1ccc(Br)cc1.O=C(O)c1cccc2nc3cc(Br)ccc3nc12. The van der Waals surface area contributed by atoms with E-state index in [0.29, 0.717) is 16.6 Å². The second-order valence-corrected chi connectivity index (χ2v) is 9.84. The first kappa shape index (κ1) is 32.0. The Labute approximate surface area is 246 Å². The van der Waals surface area contributed by atoms with Crippen molar-refractivity contribution in [3.05, 3.63) is 120 Å². The zero-order valence-electron chi connectivity index (χ0n) is 19.3. The van der Waals surface area contributed by atoms with Crippen LogP contribution in [0.25, 0.3) is 22.1 Å². The lowest BCUT2D eigenvalue weighted by Gasteiger charge is -2.07. The van der Waals surface area contributed by atoms with Crippen molar-refractivity contribution in [2.24, 2.45) is 0 Å². The average molecular weight is 671 g/mol. The maximum Gasteiger partial charge on any atom is 0.337 e. The average Bonchev–Trinajstić information content (AvgIpc) is 2.88. The lowest BCUT2D eigenvalue weighted by molar-refractivity contribution is -0.385. The molecular weight excluding hydrogens is 646 g/mol. The van der Waals surface area contributed by atoms with Crippen LogP contribution in [0.1, 0.15) is 46.7 Å². The molecular formula is C29H25Br2N3O6. The van der Waals surface area contributed by atoms with E-state index < -0.39 is 16.9 Å². The summed E-state index contributed by atoms with van der Waals surface area (Å²) in [6.45, 7) is 0. The number of aromatic nitrogens is 2. The van der Waals surface area contributed by atoms with Gasteiger partial charge in [0.15, 0.2) is 0 Å². The van der Waals surface area contributed by atoms with E-state index in [9.17, 15) is 19.7 Å². The van der Waals surface area contributed by atoms with E-state index in [0.717, 1.165) is 20.0 Å². The molecule has 0 radical (unpaired) electrons. The van der Waals surface area contributed by atoms with E-state index in [4.69, 9.17) is 10.2 Å². The van der Waals surface area contributed by atoms with Crippen LogP contribution in [0.3, 0.4) is 0 Å². The van der Waals surface area contributed by atoms with Crippen LogP contribution in [0, 0.1) is 10.1 Å². The van der Waals surface area contributed by atoms with Gasteiger partial charge in [0.1, 0.15) is 5.52 Å². The minimum absolute atomic E-state index is 0. The lowest BCUT2D eigenvalue weighted by Crippen LogP contribution is -2.06. The number of nitrogens with zero attached hydrogens (tertiary/aromatic N) is 3. The molecule has 0 aliphatic heterocycles. The number of halogens is 2. The van der Waals surface area contributed by atoms with Gasteiger partial charge < -0.3 is 10.2 Å². The smallest absolute Gasteiger partial charge is 0.337 e. The molecule has 0 bridgehead atoms. The van der Waals surface area contributed by atoms with Crippen LogP contribution in [-0.2, 0) is 6.42 Å². The van der Waals surface area contributed by atoms with Crippen molar-refractivity contribution < 1.29 is 24.7 Å². The Balaban J connectivity index is 0.000000268. The Morgan fingerprint density at radius 2 is 1.35 bits per heavy atom. The number of benzene rings is 4. The molecule has 9 nitrogen and oxygen atoms in total. The highest BCUT2D eigenvalue weighted by Crippen LogP contribution is 2.26. The van der Waals surface area contributed by atoms with Crippen molar-refractivity contribution in [1.82, 2.24) is 9.97 Å². The number of para-hydroxylation sites is 1. The van der Waals surface area contributed by atoms with E-state index in [2.05, 4.69) is 41.8 Å². The third kappa shape index (κ3) is 7.25. The Kier molecular flexibility index (Phi) is 11.0. The summed E-state index contributed by atoms with van der Waals surface area (Å²) in [6, 6.07) is 21.8. The van der Waals surface area contributed by atoms with Crippen molar-refractivity contribution in [2.75, 3.05) is 0 Å². The third-order valence-electron chi connectivity index (χ3n) is 5.53. The summed E-state index contributed by atoms with van der Waals surface area (Å²) in [7, 11) is 0. The molecule has 5 rings (SSSR count). The molecule has 0 unspecified atom stereocenters. The van der Waals surface area contributed by atoms with E-state index in [1.54, 1.807) is 24.3 Å². The highest BCUT2D eigenvalue weighted by atomic mass is 79.9. The number of rotatable bonds is 5. The Hall–Kier alpha value is -4.22. The molecule has 0 saturated heterocycles. The van der Waals surface area contributed by atoms with Gasteiger partial charge in [0.05, 0.1) is 32.6 Å². The molecule has 11 heteroatoms. The minimum Gasteiger partial charge on any atom is -0.478 e. The van der Waals surface area contributed by atoms with Gasteiger partial charge in [-0.2, -0.15) is 0 Å². The number of hydrogen-bond donors (Lipinski definition) is 2. The highest BCUT2D eigenvalue weighted by Gasteiger charge is 2.21. The van der Waals surface area contributed by atoms with Crippen molar-refractivity contribution in [3.8, 4) is 0 Å². The monoisotopic (exact) mass is 669 g/mol. The molecule has 0 amide bonds. The van der Waals surface area contributed by atoms with Crippen LogP contribution in [0.2, 0.25) is 0 Å². The van der Waals surface area contributed by atoms with Gasteiger partial charge in [0.25, 0.3) is 5.69 Å². The maximum absolute atomic E-state index is 11.2. The Morgan fingerprint density at radius 1 is 0.750 bits per heavy atom. The third-order valence-corrected chi connectivity index (χ3v) is 6.55. The molecule has 0 aliphatic rings. The number of carbonyl (C=O) groups is 2. The summed E-state index contributed by atoms with van der Waals surface area (Å²) in [5.41, 5.74) is 3.40. The van der Waals surface area contributed by atoms with Crippen LogP contribution in [0.15, 0.2) is 87.8 Å². The largest absolute Gasteiger partial charge is 0.478 e. The molecule has 206 valence electrons. The van der Waals surface area contributed by atoms with Gasteiger partial charge in [0.2, 0.25) is 0 Å². The predicted molar refractivity (Wildman–Crippen MR) is 162 cm³/mol. The zero-order valence-corrected chi connectivity index (χ0v) is 22.5. The van der Waals surface area contributed by atoms with Gasteiger partial charge in [-0.05, 0) is 54.1 Å². The van der Waals surface area contributed by atoms with Crippen molar-refractivity contribution >= 4 is 71.6 Å². The first-order valence-corrected chi connectivity index (χ1v) is 12.6. The number of hydrogen-bond acceptors (Lipinski definition) is 6. The topological polar surface area (TPSA) is 144 Å². The zero-order chi connectivity index (χ0) is 27.4. The summed E-state index contributed by atoms with van der Waals surface area (Å²) in [5.74, 6) is -2.16. The molecule has 0 atom stereocenters. The first-order chi connectivity index (χ1) is 18.1. The van der Waals surface area contributed by atoms with Crippen molar-refractivity contribution in [1.29, 1.82) is 0 Å². The van der Waals surface area contributed by atoms with E-state index >= 15 is 0 Å². The van der Waals surface area contributed by atoms with Gasteiger partial charge >= 0.3 is 11.9 Å². The standard InChI is InChI=1S/C14H10BrNO4.C13H7BrN2O2.2CH4/c15-10-6-4-9(5-7-10)8-12-11(14(17)18)2-1-3-13(12)16(19)20;14-7-4-5-9-11(6-7)15-10-3-1-2-8(13(17)18)12(10)16-9;;/h1-7H,8H2,(H,17,18);1-6H,(H,17,18);2*1H4. The number of nitro benzene ring substituents is 1. The van der Waals surface area contributed by atoms with E-state index in [1.807, 2.05) is 30.3 Å². The summed E-state index contributed by atoms with van der Waals surface area (Å²) >= 11 is 6.68. The fourth-order valence-electron chi connectivity index (χ4n) is 3.78. The van der Waals surface area contributed by atoms with Gasteiger partial charge in [-0.25, -0.2) is 19.6 Å². The van der Waals surface area contributed by atoms with Gasteiger partial charge in [-0.1, -0.05) is 71.0 Å². The predicted octanol–water partition coefficient (Wildman–Crippen LogP) is 8.16. The van der Waals surface area contributed by atoms with Crippen LogP contribution in [0.5, 0.6) is 0 Å². The van der Waals surface area contributed by atoms with E-state index in [1.165, 1.54) is 24.3 Å². The van der Waals surface area contributed by atoms with E-state index in [-0.39, 0.29) is 43.7 Å².